The predicted molar refractivity (Wildman–Crippen MR) is 91.2 cm³/mol. The monoisotopic (exact) mass is 318 g/mol. The molecule has 0 bridgehead atoms. The van der Waals surface area contributed by atoms with Crippen molar-refractivity contribution in [2.75, 3.05) is 17.2 Å². The highest BCUT2D eigenvalue weighted by molar-refractivity contribution is 6.34. The van der Waals surface area contributed by atoms with Crippen molar-refractivity contribution in [2.24, 2.45) is 0 Å². The van der Waals surface area contributed by atoms with Crippen LogP contribution < -0.4 is 15.4 Å². The summed E-state index contributed by atoms with van der Waals surface area (Å²) in [5, 5.41) is 6.07. The Bertz CT molecular complexity index is 646. The molecule has 0 unspecified atom stereocenters. The van der Waals surface area contributed by atoms with Crippen LogP contribution in [0.25, 0.3) is 0 Å². The van der Waals surface area contributed by atoms with Crippen molar-refractivity contribution in [3.8, 4) is 5.75 Å². The first kappa shape index (κ1) is 16.2. The molecule has 2 rings (SSSR count). The van der Waals surface area contributed by atoms with Crippen LogP contribution in [0, 0.1) is 13.8 Å². The van der Waals surface area contributed by atoms with Gasteiger partial charge in [0.05, 0.1) is 17.3 Å². The van der Waals surface area contributed by atoms with Gasteiger partial charge in [0.25, 0.3) is 0 Å². The Morgan fingerprint density at radius 3 is 2.41 bits per heavy atom. The second-order valence-corrected chi connectivity index (χ2v) is 5.38. The number of anilines is 2. The summed E-state index contributed by atoms with van der Waals surface area (Å²) in [4.78, 5) is 12.1. The zero-order chi connectivity index (χ0) is 16.1. The molecule has 2 amide bonds. The van der Waals surface area contributed by atoms with Crippen molar-refractivity contribution in [1.29, 1.82) is 0 Å². The zero-order valence-corrected chi connectivity index (χ0v) is 13.6. The van der Waals surface area contributed by atoms with Crippen LogP contribution in [0.4, 0.5) is 16.2 Å². The summed E-state index contributed by atoms with van der Waals surface area (Å²) >= 11 is 6.18. The number of amides is 2. The quantitative estimate of drug-likeness (QED) is 0.833. The summed E-state index contributed by atoms with van der Waals surface area (Å²) in [6.45, 7) is 6.40. The Labute approximate surface area is 135 Å². The fourth-order valence-electron chi connectivity index (χ4n) is 2.15. The molecule has 0 heterocycles. The van der Waals surface area contributed by atoms with Gasteiger partial charge in [0.2, 0.25) is 0 Å². The number of carbonyl (C=O) groups excluding carboxylic acids is 1. The average molecular weight is 319 g/mol. The lowest BCUT2D eigenvalue weighted by Gasteiger charge is -2.13. The first-order valence-electron chi connectivity index (χ1n) is 7.07. The maximum atomic E-state index is 12.1. The highest BCUT2D eigenvalue weighted by atomic mass is 35.5. The Morgan fingerprint density at radius 1 is 1.14 bits per heavy atom. The number of rotatable bonds is 4. The zero-order valence-electron chi connectivity index (χ0n) is 12.9. The fourth-order valence-corrected chi connectivity index (χ4v) is 2.52. The van der Waals surface area contributed by atoms with Gasteiger partial charge >= 0.3 is 6.03 Å². The van der Waals surface area contributed by atoms with E-state index in [1.165, 1.54) is 0 Å². The molecule has 0 aromatic heterocycles. The van der Waals surface area contributed by atoms with Crippen LogP contribution in [0.5, 0.6) is 5.75 Å². The molecule has 0 atom stereocenters. The summed E-state index contributed by atoms with van der Waals surface area (Å²) in [5.41, 5.74) is 3.28. The molecule has 4 nitrogen and oxygen atoms in total. The molecule has 2 N–H and O–H groups in total. The molecule has 0 spiro atoms. The average Bonchev–Trinajstić information content (AvgIpc) is 2.45. The van der Waals surface area contributed by atoms with E-state index in [2.05, 4.69) is 10.6 Å². The van der Waals surface area contributed by atoms with Gasteiger partial charge < -0.3 is 15.4 Å². The van der Waals surface area contributed by atoms with Crippen LogP contribution in [0.2, 0.25) is 5.02 Å². The van der Waals surface area contributed by atoms with Gasteiger partial charge in [-0.25, -0.2) is 4.79 Å². The lowest BCUT2D eigenvalue weighted by molar-refractivity contribution is 0.262. The molecule has 2 aromatic rings. The Morgan fingerprint density at radius 2 is 1.82 bits per heavy atom. The first-order valence-corrected chi connectivity index (χ1v) is 7.45. The van der Waals surface area contributed by atoms with E-state index in [0.717, 1.165) is 16.9 Å². The fraction of sp³-hybridized carbons (Fsp3) is 0.235. The van der Waals surface area contributed by atoms with E-state index >= 15 is 0 Å². The lowest BCUT2D eigenvalue weighted by atomic mass is 10.1. The van der Waals surface area contributed by atoms with Crippen LogP contribution in [-0.2, 0) is 0 Å². The second-order valence-electron chi connectivity index (χ2n) is 4.98. The Kier molecular flexibility index (Phi) is 5.28. The van der Waals surface area contributed by atoms with E-state index in [9.17, 15) is 4.79 Å². The molecule has 0 radical (unpaired) electrons. The van der Waals surface area contributed by atoms with Crippen LogP contribution in [0.15, 0.2) is 36.4 Å². The van der Waals surface area contributed by atoms with Gasteiger partial charge in [0.15, 0.2) is 0 Å². The van der Waals surface area contributed by atoms with Crippen molar-refractivity contribution < 1.29 is 9.53 Å². The summed E-state index contributed by atoms with van der Waals surface area (Å²) in [6.07, 6.45) is 0. The predicted octanol–water partition coefficient (Wildman–Crippen LogP) is 5.00. The third-order valence-corrected chi connectivity index (χ3v) is 3.39. The normalized spacial score (nSPS) is 10.2. The van der Waals surface area contributed by atoms with Crippen molar-refractivity contribution in [3.05, 3.63) is 52.5 Å². The lowest BCUT2D eigenvalue weighted by Crippen LogP contribution is -2.20. The third-order valence-electron chi connectivity index (χ3n) is 3.09. The molecule has 5 heteroatoms. The minimum absolute atomic E-state index is 0.335. The number of hydrogen-bond donors (Lipinski definition) is 2. The number of urea groups is 1. The van der Waals surface area contributed by atoms with Crippen molar-refractivity contribution >= 4 is 29.0 Å². The Hall–Kier alpha value is -2.20. The second kappa shape index (κ2) is 7.18. The molecular formula is C17H19ClN2O2. The first-order chi connectivity index (χ1) is 10.5. The van der Waals surface area contributed by atoms with Gasteiger partial charge in [-0.05, 0) is 62.2 Å². The molecule has 0 aliphatic heterocycles. The maximum absolute atomic E-state index is 12.1. The van der Waals surface area contributed by atoms with E-state index in [1.807, 2.05) is 45.0 Å². The van der Waals surface area contributed by atoms with Gasteiger partial charge in [0.1, 0.15) is 5.75 Å². The molecule has 0 saturated carbocycles. The number of ether oxygens (including phenoxy) is 1. The van der Waals surface area contributed by atoms with E-state index in [-0.39, 0.29) is 6.03 Å². The smallest absolute Gasteiger partial charge is 0.323 e. The largest absolute Gasteiger partial charge is 0.494 e. The van der Waals surface area contributed by atoms with Crippen molar-refractivity contribution in [1.82, 2.24) is 0 Å². The highest BCUT2D eigenvalue weighted by Gasteiger charge is 2.09. The number of halogens is 1. The summed E-state index contributed by atoms with van der Waals surface area (Å²) in [7, 11) is 0. The topological polar surface area (TPSA) is 50.4 Å². The molecular weight excluding hydrogens is 300 g/mol. The molecule has 0 fully saturated rings. The summed E-state index contributed by atoms with van der Waals surface area (Å²) in [6, 6.07) is 10.6. The molecule has 0 aliphatic rings. The van der Waals surface area contributed by atoms with Crippen LogP contribution >= 0.6 is 11.6 Å². The van der Waals surface area contributed by atoms with Gasteiger partial charge in [-0.3, -0.25) is 0 Å². The van der Waals surface area contributed by atoms with Crippen molar-refractivity contribution in [3.63, 3.8) is 0 Å². The minimum Gasteiger partial charge on any atom is -0.494 e. The van der Waals surface area contributed by atoms with E-state index < -0.39 is 0 Å². The Balaban J connectivity index is 2.04. The third kappa shape index (κ3) is 4.15. The standard InChI is InChI=1S/C17H19ClN2O2/c1-4-22-14-7-5-13(6-8-14)19-17(21)20-16-12(3)9-11(2)10-15(16)18/h5-10H,4H2,1-3H3,(H2,19,20,21). The molecule has 2 aromatic carbocycles. The molecule has 22 heavy (non-hydrogen) atoms. The van der Waals surface area contributed by atoms with Crippen LogP contribution in [-0.4, -0.2) is 12.6 Å². The van der Waals surface area contributed by atoms with Gasteiger partial charge in [-0.15, -0.1) is 0 Å². The van der Waals surface area contributed by atoms with E-state index in [4.69, 9.17) is 16.3 Å². The summed E-state index contributed by atoms with van der Waals surface area (Å²) in [5.74, 6) is 0.769. The van der Waals surface area contributed by atoms with E-state index in [0.29, 0.717) is 23.0 Å². The number of nitrogens with one attached hydrogen (secondary N) is 2. The molecule has 116 valence electrons. The highest BCUT2D eigenvalue weighted by Crippen LogP contribution is 2.27. The SMILES string of the molecule is CCOc1ccc(NC(=O)Nc2c(C)cc(C)cc2Cl)cc1. The number of benzene rings is 2. The van der Waals surface area contributed by atoms with Crippen molar-refractivity contribution in [2.45, 2.75) is 20.8 Å². The molecule has 0 saturated heterocycles. The number of carbonyl (C=O) groups is 1. The number of aryl methyl sites for hydroxylation is 2. The number of hydrogen-bond acceptors (Lipinski definition) is 2. The van der Waals surface area contributed by atoms with Crippen LogP contribution in [0.1, 0.15) is 18.1 Å². The van der Waals surface area contributed by atoms with Crippen LogP contribution in [0.3, 0.4) is 0 Å². The van der Waals surface area contributed by atoms with E-state index in [1.54, 1.807) is 12.1 Å². The maximum Gasteiger partial charge on any atom is 0.323 e. The minimum atomic E-state index is -0.335. The van der Waals surface area contributed by atoms with Gasteiger partial charge in [-0.1, -0.05) is 17.7 Å². The van der Waals surface area contributed by atoms with Gasteiger partial charge in [0, 0.05) is 5.69 Å². The summed E-state index contributed by atoms with van der Waals surface area (Å²) < 4.78 is 5.36. The van der Waals surface area contributed by atoms with Gasteiger partial charge in [-0.2, -0.15) is 0 Å². The molecule has 0 aliphatic carbocycles.